The molecule has 1 aromatic heterocycles. The molecule has 1 amide bonds. The van der Waals surface area contributed by atoms with Crippen molar-refractivity contribution in [2.24, 2.45) is 0 Å². The number of carbonyl (C=O) groups is 2. The van der Waals surface area contributed by atoms with Crippen molar-refractivity contribution in [2.75, 3.05) is 46.0 Å². The summed E-state index contributed by atoms with van der Waals surface area (Å²) in [5.74, 6) is -2.81. The van der Waals surface area contributed by atoms with Crippen molar-refractivity contribution in [1.29, 1.82) is 0 Å². The summed E-state index contributed by atoms with van der Waals surface area (Å²) in [6.45, 7) is 10.6. The number of rotatable bonds is 2. The zero-order valence-electron chi connectivity index (χ0n) is 17.1. The molecular formula is C18H26F3N3O6. The third-order valence-electron chi connectivity index (χ3n) is 4.87. The number of morpholine rings is 1. The smallest absolute Gasteiger partial charge is 0.475 e. The van der Waals surface area contributed by atoms with Crippen molar-refractivity contribution in [3.8, 4) is 0 Å². The maximum absolute atomic E-state index is 12.7. The summed E-state index contributed by atoms with van der Waals surface area (Å²) in [7, 11) is 0. The van der Waals surface area contributed by atoms with E-state index in [0.29, 0.717) is 50.2 Å². The highest BCUT2D eigenvalue weighted by Gasteiger charge is 2.42. The van der Waals surface area contributed by atoms with E-state index in [0.717, 1.165) is 13.1 Å². The lowest BCUT2D eigenvalue weighted by Gasteiger charge is -2.44. The van der Waals surface area contributed by atoms with Crippen molar-refractivity contribution in [3.05, 3.63) is 17.5 Å². The van der Waals surface area contributed by atoms with Crippen LogP contribution in [-0.4, -0.2) is 95.8 Å². The van der Waals surface area contributed by atoms with Gasteiger partial charge in [0.15, 0.2) is 0 Å². The fraction of sp³-hybridized carbons (Fsp3) is 0.722. The lowest BCUT2D eigenvalue weighted by Crippen LogP contribution is -2.60. The van der Waals surface area contributed by atoms with E-state index in [9.17, 15) is 18.0 Å². The Hall–Kier alpha value is -2.18. The molecular weight excluding hydrogens is 411 g/mol. The van der Waals surface area contributed by atoms with Gasteiger partial charge in [0.2, 0.25) is 0 Å². The molecule has 30 heavy (non-hydrogen) atoms. The Labute approximate surface area is 171 Å². The second-order valence-electron chi connectivity index (χ2n) is 7.49. The summed E-state index contributed by atoms with van der Waals surface area (Å²) in [6, 6.07) is 0.420. The Bertz CT molecular complexity index is 739. The minimum absolute atomic E-state index is 0.0493. The van der Waals surface area contributed by atoms with Crippen LogP contribution >= 0.6 is 0 Å². The number of aliphatic carboxylic acids is 1. The monoisotopic (exact) mass is 437 g/mol. The molecule has 1 aromatic rings. The lowest BCUT2D eigenvalue weighted by atomic mass is 10.0. The van der Waals surface area contributed by atoms with Gasteiger partial charge < -0.3 is 24.0 Å². The Morgan fingerprint density at radius 1 is 1.23 bits per heavy atom. The number of carbonyl (C=O) groups excluding carboxylic acids is 1. The first-order chi connectivity index (χ1) is 13.9. The Morgan fingerprint density at radius 2 is 1.90 bits per heavy atom. The summed E-state index contributed by atoms with van der Waals surface area (Å²) >= 11 is 0. The zero-order chi connectivity index (χ0) is 22.5. The van der Waals surface area contributed by atoms with Crippen molar-refractivity contribution in [3.63, 3.8) is 0 Å². The minimum atomic E-state index is -5.08. The summed E-state index contributed by atoms with van der Waals surface area (Å²) < 4.78 is 48.5. The Morgan fingerprint density at radius 3 is 2.43 bits per heavy atom. The van der Waals surface area contributed by atoms with Gasteiger partial charge in [-0.15, -0.1) is 0 Å². The zero-order valence-corrected chi connectivity index (χ0v) is 17.1. The quantitative estimate of drug-likeness (QED) is 0.744. The fourth-order valence-electron chi connectivity index (χ4n) is 3.24. The number of aryl methyl sites for hydroxylation is 1. The van der Waals surface area contributed by atoms with Gasteiger partial charge in [0.25, 0.3) is 5.91 Å². The second-order valence-corrected chi connectivity index (χ2v) is 7.49. The highest BCUT2D eigenvalue weighted by Crippen LogP contribution is 2.25. The number of amides is 1. The number of carboxylic acid groups (broad SMARTS) is 1. The van der Waals surface area contributed by atoms with E-state index < -0.39 is 17.7 Å². The molecule has 170 valence electrons. The van der Waals surface area contributed by atoms with Crippen LogP contribution in [0.15, 0.2) is 10.8 Å². The summed E-state index contributed by atoms with van der Waals surface area (Å²) in [5, 5.41) is 10.9. The van der Waals surface area contributed by atoms with E-state index in [-0.39, 0.29) is 5.91 Å². The minimum Gasteiger partial charge on any atom is -0.475 e. The van der Waals surface area contributed by atoms with Gasteiger partial charge >= 0.3 is 12.1 Å². The molecule has 3 rings (SSSR count). The molecule has 2 aliphatic heterocycles. The van der Waals surface area contributed by atoms with Gasteiger partial charge in [-0.05, 0) is 20.8 Å². The molecule has 1 unspecified atom stereocenters. The molecule has 9 nitrogen and oxygen atoms in total. The van der Waals surface area contributed by atoms with Gasteiger partial charge in [0, 0.05) is 25.7 Å². The third kappa shape index (κ3) is 6.16. The molecule has 0 saturated carbocycles. The number of hydrogen-bond donors (Lipinski definition) is 1. The summed E-state index contributed by atoms with van der Waals surface area (Å²) in [4.78, 5) is 25.8. The van der Waals surface area contributed by atoms with Crippen molar-refractivity contribution < 1.29 is 41.9 Å². The van der Waals surface area contributed by atoms with Crippen LogP contribution in [0.1, 0.15) is 29.9 Å². The van der Waals surface area contributed by atoms with E-state index >= 15 is 0 Å². The van der Waals surface area contributed by atoms with Gasteiger partial charge in [0.05, 0.1) is 32.1 Å². The standard InChI is InChI=1S/C16H25N3O4.C2HF3O2/c1-12(2)18-4-6-21-11-16(9-18)10-19(5-7-22-16)15(20)14-8-23-17-13(14)3;3-2(4,5)1(6)7/h8,12H,4-7,9-11H2,1-3H3;(H,6,7). The number of halogens is 3. The number of ether oxygens (including phenoxy) is 2. The van der Waals surface area contributed by atoms with Crippen LogP contribution in [0.4, 0.5) is 13.2 Å². The molecule has 0 aromatic carbocycles. The third-order valence-corrected chi connectivity index (χ3v) is 4.87. The number of alkyl halides is 3. The van der Waals surface area contributed by atoms with E-state index in [2.05, 4.69) is 23.9 Å². The van der Waals surface area contributed by atoms with E-state index in [1.165, 1.54) is 6.26 Å². The summed E-state index contributed by atoms with van der Waals surface area (Å²) in [5.41, 5.74) is 0.688. The SMILES string of the molecule is Cc1nocc1C(=O)N1CCOC2(COCCN(C(C)C)C2)C1.O=C(O)C(F)(F)F. The van der Waals surface area contributed by atoms with Gasteiger partial charge in [-0.2, -0.15) is 13.2 Å². The van der Waals surface area contributed by atoms with Crippen molar-refractivity contribution in [2.45, 2.75) is 38.6 Å². The van der Waals surface area contributed by atoms with Crippen molar-refractivity contribution in [1.82, 2.24) is 15.0 Å². The number of hydrogen-bond acceptors (Lipinski definition) is 7. The maximum atomic E-state index is 12.7. The molecule has 0 bridgehead atoms. The number of nitrogens with zero attached hydrogens (tertiary/aromatic N) is 3. The molecule has 1 spiro atoms. The molecule has 0 aliphatic carbocycles. The molecule has 1 N–H and O–H groups in total. The first-order valence-corrected chi connectivity index (χ1v) is 9.41. The van der Waals surface area contributed by atoms with Gasteiger partial charge in [0.1, 0.15) is 17.4 Å². The van der Waals surface area contributed by atoms with E-state index in [1.807, 2.05) is 4.90 Å². The molecule has 2 saturated heterocycles. The van der Waals surface area contributed by atoms with Crippen molar-refractivity contribution >= 4 is 11.9 Å². The van der Waals surface area contributed by atoms with Crippen LogP contribution in [0.2, 0.25) is 0 Å². The lowest BCUT2D eigenvalue weighted by molar-refractivity contribution is -0.192. The molecule has 0 radical (unpaired) electrons. The first-order valence-electron chi connectivity index (χ1n) is 9.41. The molecule has 3 heterocycles. The molecule has 2 fully saturated rings. The van der Waals surface area contributed by atoms with Crippen LogP contribution in [0, 0.1) is 6.92 Å². The number of carboxylic acids is 1. The van der Waals surface area contributed by atoms with Crippen LogP contribution in [0.25, 0.3) is 0 Å². The largest absolute Gasteiger partial charge is 0.490 e. The first kappa shape index (κ1) is 24.1. The second kappa shape index (κ2) is 9.75. The molecule has 2 aliphatic rings. The Kier molecular flexibility index (Phi) is 7.83. The average molecular weight is 437 g/mol. The van der Waals surface area contributed by atoms with Crippen LogP contribution in [0.5, 0.6) is 0 Å². The van der Waals surface area contributed by atoms with E-state index in [1.54, 1.807) is 6.92 Å². The van der Waals surface area contributed by atoms with E-state index in [4.69, 9.17) is 23.9 Å². The Balaban J connectivity index is 0.000000396. The maximum Gasteiger partial charge on any atom is 0.490 e. The van der Waals surface area contributed by atoms with Crippen LogP contribution < -0.4 is 0 Å². The van der Waals surface area contributed by atoms with Crippen LogP contribution in [0.3, 0.4) is 0 Å². The number of aromatic nitrogens is 1. The summed E-state index contributed by atoms with van der Waals surface area (Å²) in [6.07, 6.45) is -3.66. The predicted octanol–water partition coefficient (Wildman–Crippen LogP) is 1.57. The fourth-order valence-corrected chi connectivity index (χ4v) is 3.24. The topological polar surface area (TPSA) is 105 Å². The van der Waals surface area contributed by atoms with Gasteiger partial charge in [-0.25, -0.2) is 4.79 Å². The van der Waals surface area contributed by atoms with Crippen LogP contribution in [-0.2, 0) is 14.3 Å². The highest BCUT2D eigenvalue weighted by molar-refractivity contribution is 5.95. The average Bonchev–Trinajstić information content (AvgIpc) is 2.98. The molecule has 12 heteroatoms. The highest BCUT2D eigenvalue weighted by atomic mass is 19.4. The normalized spacial score (nSPS) is 23.1. The van der Waals surface area contributed by atoms with Gasteiger partial charge in [-0.1, -0.05) is 5.16 Å². The molecule has 1 atom stereocenters. The predicted molar refractivity (Wildman–Crippen MR) is 97.0 cm³/mol. The van der Waals surface area contributed by atoms with Gasteiger partial charge in [-0.3, -0.25) is 9.69 Å².